The lowest BCUT2D eigenvalue weighted by Gasteiger charge is -2.00. The smallest absolute Gasteiger partial charge is 0.259 e. The zero-order valence-electron chi connectivity index (χ0n) is 9.15. The van der Waals surface area contributed by atoms with Crippen molar-refractivity contribution in [2.24, 2.45) is 5.73 Å². The van der Waals surface area contributed by atoms with Crippen LogP contribution in [0.2, 0.25) is 5.02 Å². The van der Waals surface area contributed by atoms with Crippen LogP contribution in [0.25, 0.3) is 11.5 Å². The predicted molar refractivity (Wildman–Crippen MR) is 69.8 cm³/mol. The van der Waals surface area contributed by atoms with Gasteiger partial charge in [0.1, 0.15) is 0 Å². The highest BCUT2D eigenvalue weighted by Gasteiger charge is 2.14. The van der Waals surface area contributed by atoms with Gasteiger partial charge < -0.3 is 10.3 Å². The number of rotatable bonds is 3. The number of halogens is 2. The van der Waals surface area contributed by atoms with Crippen molar-refractivity contribution in [3.8, 4) is 11.5 Å². The summed E-state index contributed by atoms with van der Waals surface area (Å²) in [6.07, 6.45) is 0.578. The Balaban J connectivity index is 2.34. The molecule has 0 amide bonds. The molecule has 1 unspecified atom stereocenters. The summed E-state index contributed by atoms with van der Waals surface area (Å²) in [7, 11) is 0. The third-order valence-corrected chi connectivity index (χ3v) is 3.45. The van der Waals surface area contributed by atoms with Crippen LogP contribution in [0.5, 0.6) is 0 Å². The van der Waals surface area contributed by atoms with Gasteiger partial charge in [-0.1, -0.05) is 22.8 Å². The highest BCUT2D eigenvalue weighted by Crippen LogP contribution is 2.32. The molecule has 0 aliphatic rings. The predicted octanol–water partition coefficient (Wildman–Crippen LogP) is 3.04. The summed E-state index contributed by atoms with van der Waals surface area (Å²) in [5, 5.41) is 4.42. The largest absolute Gasteiger partial charge is 0.334 e. The molecule has 0 saturated carbocycles. The Morgan fingerprint density at radius 2 is 2.29 bits per heavy atom. The van der Waals surface area contributed by atoms with E-state index in [1.807, 2.05) is 25.1 Å². The number of benzene rings is 1. The second-order valence-electron chi connectivity index (χ2n) is 3.80. The molecule has 0 aliphatic heterocycles. The zero-order valence-corrected chi connectivity index (χ0v) is 11.5. The van der Waals surface area contributed by atoms with Gasteiger partial charge in [0, 0.05) is 16.9 Å². The zero-order chi connectivity index (χ0) is 12.4. The Bertz CT molecular complexity index is 527. The minimum Gasteiger partial charge on any atom is -0.334 e. The first-order chi connectivity index (χ1) is 8.08. The molecule has 0 spiro atoms. The Morgan fingerprint density at radius 1 is 1.53 bits per heavy atom. The quantitative estimate of drug-likeness (QED) is 0.945. The van der Waals surface area contributed by atoms with E-state index in [2.05, 4.69) is 26.1 Å². The van der Waals surface area contributed by atoms with Crippen molar-refractivity contribution in [2.75, 3.05) is 0 Å². The monoisotopic (exact) mass is 315 g/mol. The van der Waals surface area contributed by atoms with Gasteiger partial charge in [-0.05, 0) is 35.0 Å². The molecule has 1 heterocycles. The third-order valence-electron chi connectivity index (χ3n) is 2.15. The molecule has 4 nitrogen and oxygen atoms in total. The number of aromatic nitrogens is 2. The fourth-order valence-corrected chi connectivity index (χ4v) is 1.98. The molecular weight excluding hydrogens is 305 g/mol. The van der Waals surface area contributed by atoms with E-state index in [0.717, 1.165) is 4.47 Å². The van der Waals surface area contributed by atoms with Gasteiger partial charge >= 0.3 is 0 Å². The topological polar surface area (TPSA) is 64.9 Å². The molecule has 2 aromatic rings. The van der Waals surface area contributed by atoms with Crippen molar-refractivity contribution in [3.05, 3.63) is 33.5 Å². The minimum atomic E-state index is -0.00145. The average molecular weight is 317 g/mol. The molecular formula is C11H11BrClN3O. The van der Waals surface area contributed by atoms with E-state index < -0.39 is 0 Å². The van der Waals surface area contributed by atoms with Crippen molar-refractivity contribution < 1.29 is 4.52 Å². The maximum Gasteiger partial charge on any atom is 0.259 e. The molecule has 1 aromatic carbocycles. The average Bonchev–Trinajstić information content (AvgIpc) is 2.69. The van der Waals surface area contributed by atoms with E-state index in [9.17, 15) is 0 Å². The second kappa shape index (κ2) is 5.16. The highest BCUT2D eigenvalue weighted by atomic mass is 79.9. The van der Waals surface area contributed by atoms with Crippen molar-refractivity contribution >= 4 is 27.5 Å². The standard InChI is InChI=1S/C11H11BrClN3O/c1-6(14)5-9-15-11(17-16-9)7-3-2-4-8(12)10(7)13/h2-4,6H,5,14H2,1H3. The Hall–Kier alpha value is -0.910. The van der Waals surface area contributed by atoms with Crippen LogP contribution in [-0.4, -0.2) is 16.2 Å². The van der Waals surface area contributed by atoms with Crippen LogP contribution in [0, 0.1) is 0 Å². The van der Waals surface area contributed by atoms with Crippen LogP contribution in [0.15, 0.2) is 27.2 Å². The summed E-state index contributed by atoms with van der Waals surface area (Å²) < 4.78 is 5.96. The molecule has 0 bridgehead atoms. The molecule has 90 valence electrons. The van der Waals surface area contributed by atoms with E-state index in [1.54, 1.807) is 0 Å². The van der Waals surface area contributed by atoms with Crippen LogP contribution >= 0.6 is 27.5 Å². The molecule has 0 aliphatic carbocycles. The fourth-order valence-electron chi connectivity index (χ4n) is 1.40. The Labute approximate surface area is 112 Å². The van der Waals surface area contributed by atoms with E-state index in [4.69, 9.17) is 21.9 Å². The number of nitrogens with zero attached hydrogens (tertiary/aromatic N) is 2. The van der Waals surface area contributed by atoms with E-state index in [0.29, 0.717) is 28.7 Å². The first-order valence-electron chi connectivity index (χ1n) is 5.10. The molecule has 17 heavy (non-hydrogen) atoms. The van der Waals surface area contributed by atoms with Gasteiger partial charge in [0.25, 0.3) is 5.89 Å². The van der Waals surface area contributed by atoms with Crippen molar-refractivity contribution in [2.45, 2.75) is 19.4 Å². The fraction of sp³-hybridized carbons (Fsp3) is 0.273. The molecule has 2 N–H and O–H groups in total. The summed E-state index contributed by atoms with van der Waals surface area (Å²) >= 11 is 9.49. The van der Waals surface area contributed by atoms with E-state index >= 15 is 0 Å². The minimum absolute atomic E-state index is 0.00145. The lowest BCUT2D eigenvalue weighted by atomic mass is 10.2. The van der Waals surface area contributed by atoms with E-state index in [1.165, 1.54) is 0 Å². The summed E-state index contributed by atoms with van der Waals surface area (Å²) in [6.45, 7) is 1.89. The second-order valence-corrected chi connectivity index (χ2v) is 5.03. The molecule has 1 atom stereocenters. The van der Waals surface area contributed by atoms with Gasteiger partial charge in [-0.2, -0.15) is 4.98 Å². The van der Waals surface area contributed by atoms with Crippen LogP contribution in [-0.2, 0) is 6.42 Å². The summed E-state index contributed by atoms with van der Waals surface area (Å²) in [6, 6.07) is 5.54. The van der Waals surface area contributed by atoms with Crippen LogP contribution < -0.4 is 5.73 Å². The number of nitrogens with two attached hydrogens (primary N) is 1. The van der Waals surface area contributed by atoms with Gasteiger partial charge in [-0.3, -0.25) is 0 Å². The van der Waals surface area contributed by atoms with Crippen LogP contribution in [0.3, 0.4) is 0 Å². The lowest BCUT2D eigenvalue weighted by Crippen LogP contribution is -2.18. The van der Waals surface area contributed by atoms with Gasteiger partial charge in [-0.15, -0.1) is 0 Å². The van der Waals surface area contributed by atoms with Gasteiger partial charge in [0.2, 0.25) is 0 Å². The molecule has 6 heteroatoms. The summed E-state index contributed by atoms with van der Waals surface area (Å²) in [5.41, 5.74) is 6.38. The number of hydrogen-bond donors (Lipinski definition) is 1. The Kier molecular flexibility index (Phi) is 3.81. The maximum atomic E-state index is 6.14. The Morgan fingerprint density at radius 3 is 3.00 bits per heavy atom. The van der Waals surface area contributed by atoms with Crippen LogP contribution in [0.1, 0.15) is 12.7 Å². The van der Waals surface area contributed by atoms with Crippen molar-refractivity contribution in [3.63, 3.8) is 0 Å². The SMILES string of the molecule is CC(N)Cc1noc(-c2cccc(Br)c2Cl)n1. The van der Waals surface area contributed by atoms with E-state index in [-0.39, 0.29) is 6.04 Å². The molecule has 0 saturated heterocycles. The molecule has 0 radical (unpaired) electrons. The lowest BCUT2D eigenvalue weighted by molar-refractivity contribution is 0.420. The summed E-state index contributed by atoms with van der Waals surface area (Å²) in [5.74, 6) is 0.998. The van der Waals surface area contributed by atoms with Crippen LogP contribution in [0.4, 0.5) is 0 Å². The van der Waals surface area contributed by atoms with Gasteiger partial charge in [0.05, 0.1) is 10.6 Å². The third kappa shape index (κ3) is 2.86. The van der Waals surface area contributed by atoms with Gasteiger partial charge in [0.15, 0.2) is 5.82 Å². The van der Waals surface area contributed by atoms with Gasteiger partial charge in [-0.25, -0.2) is 0 Å². The highest BCUT2D eigenvalue weighted by molar-refractivity contribution is 9.10. The maximum absolute atomic E-state index is 6.14. The van der Waals surface area contributed by atoms with Crippen molar-refractivity contribution in [1.29, 1.82) is 0 Å². The molecule has 2 rings (SSSR count). The van der Waals surface area contributed by atoms with Crippen molar-refractivity contribution in [1.82, 2.24) is 10.1 Å². The molecule has 0 fully saturated rings. The number of hydrogen-bond acceptors (Lipinski definition) is 4. The molecule has 1 aromatic heterocycles. The summed E-state index contributed by atoms with van der Waals surface area (Å²) in [4.78, 5) is 4.26. The normalized spacial score (nSPS) is 12.7. The first kappa shape index (κ1) is 12.5. The first-order valence-corrected chi connectivity index (χ1v) is 6.27.